The van der Waals surface area contributed by atoms with Gasteiger partial charge in [-0.2, -0.15) is 0 Å². The average Bonchev–Trinajstić information content (AvgIpc) is 2.07. The molecular formula is C11H24O6Si2. The molecule has 0 aliphatic rings. The average molecular weight is 308 g/mol. The van der Waals surface area contributed by atoms with Crippen molar-refractivity contribution < 1.29 is 28.7 Å². The van der Waals surface area contributed by atoms with Crippen LogP contribution in [-0.2, 0) is 18.4 Å². The van der Waals surface area contributed by atoms with E-state index in [-0.39, 0.29) is 6.42 Å². The van der Waals surface area contributed by atoms with E-state index in [9.17, 15) is 14.7 Å². The molecule has 0 aromatic carbocycles. The van der Waals surface area contributed by atoms with Crippen molar-refractivity contribution >= 4 is 28.6 Å². The van der Waals surface area contributed by atoms with Crippen molar-refractivity contribution in [1.82, 2.24) is 0 Å². The molecule has 2 atom stereocenters. The highest BCUT2D eigenvalue weighted by atomic mass is 28.4. The number of carboxylic acid groups (broad SMARTS) is 2. The molecule has 0 unspecified atom stereocenters. The molecule has 0 heterocycles. The molecule has 0 saturated carbocycles. The van der Waals surface area contributed by atoms with Crippen LogP contribution < -0.4 is 0 Å². The van der Waals surface area contributed by atoms with E-state index < -0.39 is 40.8 Å². The molecule has 0 bridgehead atoms. The topological polar surface area (TPSA) is 93.1 Å². The van der Waals surface area contributed by atoms with Gasteiger partial charge in [0, 0.05) is 0 Å². The second kappa shape index (κ2) is 6.64. The van der Waals surface area contributed by atoms with Gasteiger partial charge in [-0.15, -0.1) is 0 Å². The van der Waals surface area contributed by atoms with Crippen LogP contribution in [0.2, 0.25) is 39.3 Å². The van der Waals surface area contributed by atoms with Crippen molar-refractivity contribution in [3.63, 3.8) is 0 Å². The molecule has 8 heteroatoms. The van der Waals surface area contributed by atoms with Gasteiger partial charge in [-0.25, -0.2) is 4.79 Å². The van der Waals surface area contributed by atoms with Gasteiger partial charge in [-0.05, 0) is 39.3 Å². The molecule has 2 N–H and O–H groups in total. The number of rotatable bonds is 8. The largest absolute Gasteiger partial charge is 0.481 e. The van der Waals surface area contributed by atoms with Crippen molar-refractivity contribution in [2.24, 2.45) is 0 Å². The first-order chi connectivity index (χ1) is 8.32. The van der Waals surface area contributed by atoms with Crippen molar-refractivity contribution in [2.75, 3.05) is 0 Å². The summed E-state index contributed by atoms with van der Waals surface area (Å²) in [4.78, 5) is 22.2. The Kier molecular flexibility index (Phi) is 6.39. The van der Waals surface area contributed by atoms with Crippen LogP contribution in [0.5, 0.6) is 0 Å². The van der Waals surface area contributed by atoms with Gasteiger partial charge in [0.25, 0.3) is 0 Å². The highest BCUT2D eigenvalue weighted by molar-refractivity contribution is 6.70. The predicted molar refractivity (Wildman–Crippen MR) is 76.3 cm³/mol. The Bertz CT molecular complexity index is 331. The summed E-state index contributed by atoms with van der Waals surface area (Å²) in [6.07, 6.45) is -2.55. The molecule has 0 radical (unpaired) electrons. The van der Waals surface area contributed by atoms with Gasteiger partial charge in [0.2, 0.25) is 0 Å². The molecule has 0 aromatic rings. The Morgan fingerprint density at radius 1 is 0.947 bits per heavy atom. The molecule has 0 aromatic heterocycles. The SMILES string of the molecule is C[Si](C)(C)O[C@H](CC(=O)O)[C@@H](O[Si](C)(C)C)C(=O)O. The quantitative estimate of drug-likeness (QED) is 0.666. The summed E-state index contributed by atoms with van der Waals surface area (Å²) < 4.78 is 11.3. The molecule has 0 amide bonds. The number of hydrogen-bond acceptors (Lipinski definition) is 4. The van der Waals surface area contributed by atoms with Crippen molar-refractivity contribution in [1.29, 1.82) is 0 Å². The summed E-state index contributed by atoms with van der Waals surface area (Å²) in [5.41, 5.74) is 0. The highest BCUT2D eigenvalue weighted by Crippen LogP contribution is 2.19. The van der Waals surface area contributed by atoms with E-state index in [1.165, 1.54) is 0 Å². The third-order valence-corrected chi connectivity index (χ3v) is 3.91. The van der Waals surface area contributed by atoms with E-state index in [1.54, 1.807) is 0 Å². The lowest BCUT2D eigenvalue weighted by Crippen LogP contribution is -2.49. The number of carbonyl (C=O) groups is 2. The number of hydrogen-bond donors (Lipinski definition) is 2. The molecule has 6 nitrogen and oxygen atoms in total. The van der Waals surface area contributed by atoms with Crippen LogP contribution >= 0.6 is 0 Å². The smallest absolute Gasteiger partial charge is 0.334 e. The number of aliphatic carboxylic acids is 2. The van der Waals surface area contributed by atoms with E-state index in [2.05, 4.69) is 0 Å². The van der Waals surface area contributed by atoms with E-state index in [0.29, 0.717) is 0 Å². The van der Waals surface area contributed by atoms with Gasteiger partial charge in [0.15, 0.2) is 22.7 Å². The van der Waals surface area contributed by atoms with Crippen LogP contribution in [-0.4, -0.2) is 51.0 Å². The van der Waals surface area contributed by atoms with Crippen LogP contribution in [0.25, 0.3) is 0 Å². The van der Waals surface area contributed by atoms with Crippen molar-refractivity contribution in [3.05, 3.63) is 0 Å². The Morgan fingerprint density at radius 2 is 1.37 bits per heavy atom. The zero-order valence-electron chi connectivity index (χ0n) is 12.4. The van der Waals surface area contributed by atoms with Gasteiger partial charge in [-0.1, -0.05) is 0 Å². The standard InChI is InChI=1S/C11H24O6Si2/c1-18(2,3)16-8(7-9(12)13)10(11(14)15)17-19(4,5)6/h8,10H,7H2,1-6H3,(H,12,13)(H,14,15)/t8-,10-/m1/s1. The van der Waals surface area contributed by atoms with E-state index in [4.69, 9.17) is 14.0 Å². The molecule has 0 fully saturated rings. The Balaban J connectivity index is 5.13. The lowest BCUT2D eigenvalue weighted by atomic mass is 10.1. The summed E-state index contributed by atoms with van der Waals surface area (Å²) in [7, 11) is -4.17. The highest BCUT2D eigenvalue weighted by Gasteiger charge is 2.37. The summed E-state index contributed by atoms with van der Waals surface area (Å²) in [6, 6.07) is 0. The Labute approximate surface area is 116 Å². The molecule has 0 saturated heterocycles. The molecule has 19 heavy (non-hydrogen) atoms. The van der Waals surface area contributed by atoms with Crippen LogP contribution in [0, 0.1) is 0 Å². The fourth-order valence-corrected chi connectivity index (χ4v) is 3.63. The molecule has 0 aliphatic heterocycles. The minimum Gasteiger partial charge on any atom is -0.481 e. The fourth-order valence-electron chi connectivity index (χ4n) is 1.50. The third kappa shape index (κ3) is 8.92. The normalized spacial score (nSPS) is 15.9. The van der Waals surface area contributed by atoms with Gasteiger partial charge in [0.1, 0.15) is 0 Å². The van der Waals surface area contributed by atoms with E-state index in [1.807, 2.05) is 39.3 Å². The minimum absolute atomic E-state index is 0.369. The second-order valence-electron chi connectivity index (χ2n) is 6.36. The van der Waals surface area contributed by atoms with Gasteiger partial charge >= 0.3 is 11.9 Å². The maximum Gasteiger partial charge on any atom is 0.334 e. The predicted octanol–water partition coefficient (Wildman–Crippen LogP) is 1.99. The van der Waals surface area contributed by atoms with E-state index in [0.717, 1.165) is 0 Å². The Hall–Kier alpha value is -0.706. The van der Waals surface area contributed by atoms with Gasteiger partial charge in [0.05, 0.1) is 12.5 Å². The fraction of sp³-hybridized carbons (Fsp3) is 0.818. The van der Waals surface area contributed by atoms with Crippen LogP contribution in [0.1, 0.15) is 6.42 Å². The van der Waals surface area contributed by atoms with Crippen LogP contribution in [0.4, 0.5) is 0 Å². The van der Waals surface area contributed by atoms with Crippen LogP contribution in [0.15, 0.2) is 0 Å². The molecule has 0 rings (SSSR count). The van der Waals surface area contributed by atoms with Crippen LogP contribution in [0.3, 0.4) is 0 Å². The molecule has 0 aliphatic carbocycles. The van der Waals surface area contributed by atoms with Gasteiger partial charge in [-0.3, -0.25) is 4.79 Å². The first-order valence-corrected chi connectivity index (χ1v) is 12.9. The molecular weight excluding hydrogens is 284 g/mol. The maximum atomic E-state index is 11.3. The van der Waals surface area contributed by atoms with Crippen molar-refractivity contribution in [2.45, 2.75) is 57.9 Å². The Morgan fingerprint density at radius 3 is 1.63 bits per heavy atom. The first kappa shape index (κ1) is 18.3. The summed E-state index contributed by atoms with van der Waals surface area (Å²) >= 11 is 0. The summed E-state index contributed by atoms with van der Waals surface area (Å²) in [6.45, 7) is 11.2. The van der Waals surface area contributed by atoms with Crippen molar-refractivity contribution in [3.8, 4) is 0 Å². The minimum atomic E-state index is -2.11. The number of carboxylic acids is 2. The van der Waals surface area contributed by atoms with Gasteiger partial charge < -0.3 is 19.1 Å². The first-order valence-electron chi connectivity index (χ1n) is 6.12. The molecule has 0 spiro atoms. The summed E-state index contributed by atoms with van der Waals surface area (Å²) in [5, 5.41) is 18.2. The lowest BCUT2D eigenvalue weighted by molar-refractivity contribution is -0.153. The molecule has 112 valence electrons. The van der Waals surface area contributed by atoms with E-state index >= 15 is 0 Å². The monoisotopic (exact) mass is 308 g/mol. The third-order valence-electron chi connectivity index (χ3n) is 1.94. The second-order valence-corrected chi connectivity index (χ2v) is 15.3. The maximum absolute atomic E-state index is 11.3. The zero-order valence-corrected chi connectivity index (χ0v) is 14.4. The zero-order chi connectivity index (χ0) is 15.4. The summed E-state index contributed by atoms with van der Waals surface area (Å²) in [5.74, 6) is -2.26. The lowest BCUT2D eigenvalue weighted by Gasteiger charge is -2.33.